The van der Waals surface area contributed by atoms with Gasteiger partial charge >= 0.3 is 0 Å². The van der Waals surface area contributed by atoms with Crippen molar-refractivity contribution in [3.8, 4) is 0 Å². The molecular weight excluding hydrogens is 312 g/mol. The maximum atomic E-state index is 10.6. The molecule has 124 valence electrons. The van der Waals surface area contributed by atoms with E-state index in [0.29, 0.717) is 10.9 Å². The molecule has 1 aromatic carbocycles. The first-order valence-corrected chi connectivity index (χ1v) is 8.50. The van der Waals surface area contributed by atoms with E-state index in [1.807, 2.05) is 38.1 Å². The van der Waals surface area contributed by atoms with Gasteiger partial charge in [-0.25, -0.2) is 0 Å². The molecule has 5 heteroatoms. The highest BCUT2D eigenvalue weighted by Crippen LogP contribution is 2.32. The molecule has 2 aromatic rings. The van der Waals surface area contributed by atoms with Crippen molar-refractivity contribution in [1.29, 1.82) is 0 Å². The van der Waals surface area contributed by atoms with E-state index in [9.17, 15) is 5.11 Å². The molecule has 23 heavy (non-hydrogen) atoms. The Hall–Kier alpha value is -1.36. The van der Waals surface area contributed by atoms with Crippen molar-refractivity contribution in [2.75, 3.05) is 13.1 Å². The smallest absolute Gasteiger partial charge is 0.138 e. The van der Waals surface area contributed by atoms with Gasteiger partial charge in [-0.15, -0.1) is 0 Å². The highest BCUT2D eigenvalue weighted by atomic mass is 35.5. The van der Waals surface area contributed by atoms with Crippen LogP contribution in [0.4, 0.5) is 0 Å². The summed E-state index contributed by atoms with van der Waals surface area (Å²) in [7, 11) is 0. The van der Waals surface area contributed by atoms with E-state index in [1.54, 1.807) is 0 Å². The Morgan fingerprint density at radius 2 is 1.91 bits per heavy atom. The Labute approximate surface area is 142 Å². The van der Waals surface area contributed by atoms with Crippen molar-refractivity contribution >= 4 is 11.6 Å². The minimum Gasteiger partial charge on any atom is -0.388 e. The van der Waals surface area contributed by atoms with Gasteiger partial charge < -0.3 is 9.63 Å². The number of benzene rings is 1. The highest BCUT2D eigenvalue weighted by Gasteiger charge is 2.27. The second-order valence-electron chi connectivity index (χ2n) is 6.41. The van der Waals surface area contributed by atoms with E-state index in [1.165, 1.54) is 5.56 Å². The van der Waals surface area contributed by atoms with Crippen molar-refractivity contribution in [3.05, 3.63) is 51.9 Å². The third-order valence-corrected chi connectivity index (χ3v) is 5.11. The zero-order valence-corrected chi connectivity index (χ0v) is 14.4. The molecule has 0 radical (unpaired) electrons. The lowest BCUT2D eigenvalue weighted by Crippen LogP contribution is -2.35. The Morgan fingerprint density at radius 3 is 2.48 bits per heavy atom. The molecule has 4 nitrogen and oxygen atoms in total. The summed E-state index contributed by atoms with van der Waals surface area (Å²) < 4.78 is 5.24. The van der Waals surface area contributed by atoms with Gasteiger partial charge in [0.25, 0.3) is 0 Å². The maximum Gasteiger partial charge on any atom is 0.138 e. The van der Waals surface area contributed by atoms with Gasteiger partial charge in [-0.2, -0.15) is 0 Å². The fourth-order valence-corrected chi connectivity index (χ4v) is 3.44. The molecule has 1 atom stereocenters. The van der Waals surface area contributed by atoms with Crippen molar-refractivity contribution in [1.82, 2.24) is 10.1 Å². The largest absolute Gasteiger partial charge is 0.388 e. The van der Waals surface area contributed by atoms with Gasteiger partial charge in [0.1, 0.15) is 5.76 Å². The minimum atomic E-state index is -0.409. The number of hydrogen-bond donors (Lipinski definition) is 1. The Kier molecular flexibility index (Phi) is 5.05. The maximum absolute atomic E-state index is 10.6. The van der Waals surface area contributed by atoms with Crippen molar-refractivity contribution < 1.29 is 9.63 Å². The Balaban J connectivity index is 1.57. The number of aliphatic hydroxyl groups excluding tert-OH is 1. The molecular formula is C18H23ClN2O2. The van der Waals surface area contributed by atoms with Crippen molar-refractivity contribution in [3.63, 3.8) is 0 Å². The molecule has 1 aromatic heterocycles. The van der Waals surface area contributed by atoms with Crippen LogP contribution in [-0.2, 0) is 6.54 Å². The summed E-state index contributed by atoms with van der Waals surface area (Å²) in [6.07, 6.45) is 1.58. The lowest BCUT2D eigenvalue weighted by molar-refractivity contribution is 0.0566. The Morgan fingerprint density at radius 1 is 1.26 bits per heavy atom. The standard InChI is InChI=1S/C18H23ClN2O2/c1-12-17(13(2)23-20-12)11-21-9-7-15(8-10-21)18(22)14-3-5-16(19)6-4-14/h3-6,15,18,22H,7-11H2,1-2H3. The molecule has 0 amide bonds. The van der Waals surface area contributed by atoms with E-state index >= 15 is 0 Å². The second-order valence-corrected chi connectivity index (χ2v) is 6.85. The SMILES string of the molecule is Cc1noc(C)c1CN1CCC(C(O)c2ccc(Cl)cc2)CC1. The monoisotopic (exact) mass is 334 g/mol. The fraction of sp³-hybridized carbons (Fsp3) is 0.500. The van der Waals surface area contributed by atoms with Crippen molar-refractivity contribution in [2.45, 2.75) is 39.3 Å². The van der Waals surface area contributed by atoms with E-state index < -0.39 is 6.10 Å². The molecule has 1 fully saturated rings. The van der Waals surface area contributed by atoms with Gasteiger partial charge in [0, 0.05) is 17.1 Å². The molecule has 0 bridgehead atoms. The van der Waals surface area contributed by atoms with E-state index in [4.69, 9.17) is 16.1 Å². The van der Waals surface area contributed by atoms with Gasteiger partial charge in [0.15, 0.2) is 0 Å². The van der Waals surface area contributed by atoms with Crippen LogP contribution in [-0.4, -0.2) is 28.3 Å². The van der Waals surface area contributed by atoms with E-state index in [-0.39, 0.29) is 0 Å². The average molecular weight is 335 g/mol. The van der Waals surface area contributed by atoms with Gasteiger partial charge in [0.05, 0.1) is 11.8 Å². The van der Waals surface area contributed by atoms with Crippen LogP contribution in [0.25, 0.3) is 0 Å². The molecule has 1 aliphatic rings. The van der Waals surface area contributed by atoms with Gasteiger partial charge in [-0.05, 0) is 63.4 Å². The van der Waals surface area contributed by atoms with E-state index in [0.717, 1.165) is 49.5 Å². The van der Waals surface area contributed by atoms with Crippen LogP contribution in [0, 0.1) is 19.8 Å². The quantitative estimate of drug-likeness (QED) is 0.921. The van der Waals surface area contributed by atoms with Crippen LogP contribution < -0.4 is 0 Å². The summed E-state index contributed by atoms with van der Waals surface area (Å²) in [4.78, 5) is 2.41. The molecule has 0 aliphatic carbocycles. The first kappa shape index (κ1) is 16.5. The summed E-state index contributed by atoms with van der Waals surface area (Å²) in [6.45, 7) is 6.80. The van der Waals surface area contributed by atoms with Crippen LogP contribution in [0.2, 0.25) is 5.02 Å². The predicted molar refractivity (Wildman–Crippen MR) is 90.4 cm³/mol. The Bertz CT molecular complexity index is 626. The zero-order chi connectivity index (χ0) is 16.4. The number of aromatic nitrogens is 1. The van der Waals surface area contributed by atoms with Crippen LogP contribution in [0.15, 0.2) is 28.8 Å². The molecule has 2 heterocycles. The summed E-state index contributed by atoms with van der Waals surface area (Å²) in [5, 5.41) is 15.3. The number of rotatable bonds is 4. The van der Waals surface area contributed by atoms with E-state index in [2.05, 4.69) is 10.1 Å². The number of aryl methyl sites for hydroxylation is 2. The lowest BCUT2D eigenvalue weighted by atomic mass is 9.87. The molecule has 1 aliphatic heterocycles. The summed E-state index contributed by atoms with van der Waals surface area (Å²) in [5.41, 5.74) is 3.13. The average Bonchev–Trinajstić information content (AvgIpc) is 2.87. The number of halogens is 1. The first-order valence-electron chi connectivity index (χ1n) is 8.12. The fourth-order valence-electron chi connectivity index (χ4n) is 3.31. The van der Waals surface area contributed by atoms with Crippen molar-refractivity contribution in [2.24, 2.45) is 5.92 Å². The number of hydrogen-bond acceptors (Lipinski definition) is 4. The van der Waals surface area contributed by atoms with Crippen LogP contribution in [0.3, 0.4) is 0 Å². The molecule has 0 spiro atoms. The molecule has 0 saturated carbocycles. The van der Waals surface area contributed by atoms with Gasteiger partial charge in [0.2, 0.25) is 0 Å². The first-order chi connectivity index (χ1) is 11.0. The molecule has 3 rings (SSSR count). The summed E-state index contributed by atoms with van der Waals surface area (Å²) >= 11 is 5.91. The lowest BCUT2D eigenvalue weighted by Gasteiger charge is -2.34. The number of aliphatic hydroxyl groups is 1. The van der Waals surface area contributed by atoms with Crippen LogP contribution in [0.5, 0.6) is 0 Å². The van der Waals surface area contributed by atoms with Crippen LogP contribution >= 0.6 is 11.6 Å². The highest BCUT2D eigenvalue weighted by molar-refractivity contribution is 6.30. The number of nitrogens with zero attached hydrogens (tertiary/aromatic N) is 2. The normalized spacial score (nSPS) is 18.3. The topological polar surface area (TPSA) is 49.5 Å². The molecule has 1 saturated heterocycles. The van der Waals surface area contributed by atoms with Gasteiger partial charge in [-0.3, -0.25) is 4.90 Å². The number of piperidine rings is 1. The molecule has 1 unspecified atom stereocenters. The molecule has 1 N–H and O–H groups in total. The predicted octanol–water partition coefficient (Wildman–Crippen LogP) is 3.89. The van der Waals surface area contributed by atoms with Crippen LogP contribution in [0.1, 0.15) is 41.5 Å². The third-order valence-electron chi connectivity index (χ3n) is 4.85. The van der Waals surface area contributed by atoms with Gasteiger partial charge in [-0.1, -0.05) is 28.9 Å². The third kappa shape index (κ3) is 3.77. The zero-order valence-electron chi connectivity index (χ0n) is 13.6. The summed E-state index contributed by atoms with van der Waals surface area (Å²) in [6, 6.07) is 7.52. The number of likely N-dealkylation sites (tertiary alicyclic amines) is 1. The summed E-state index contributed by atoms with van der Waals surface area (Å²) in [5.74, 6) is 1.21. The minimum absolute atomic E-state index is 0.303. The second kappa shape index (κ2) is 7.04.